The van der Waals surface area contributed by atoms with E-state index >= 15 is 0 Å². The Kier molecular flexibility index (Phi) is 11.0. The highest BCUT2D eigenvalue weighted by atomic mass is 32.2. The second-order valence-corrected chi connectivity index (χ2v) is 16.1. The van der Waals surface area contributed by atoms with Crippen LogP contribution < -0.4 is 25.8 Å². The molecule has 2 aliphatic rings. The van der Waals surface area contributed by atoms with Gasteiger partial charge in [0, 0.05) is 30.1 Å². The van der Waals surface area contributed by atoms with Crippen LogP contribution in [-0.2, 0) is 32.6 Å². The molecule has 1 atom stereocenters. The van der Waals surface area contributed by atoms with Crippen LogP contribution in [0, 0.1) is 20.8 Å². The molecule has 0 fully saturated rings. The zero-order valence-corrected chi connectivity index (χ0v) is 32.0. The first kappa shape index (κ1) is 38.3. The van der Waals surface area contributed by atoms with Crippen molar-refractivity contribution in [3.8, 4) is 16.9 Å². The number of nitrogens with one attached hydrogen (secondary N) is 3. The Balaban J connectivity index is 1.11. The predicted molar refractivity (Wildman–Crippen MR) is 208 cm³/mol. The molecule has 0 bridgehead atoms. The molecule has 13 heteroatoms. The number of anilines is 1. The summed E-state index contributed by atoms with van der Waals surface area (Å²) in [5.74, 6) is -0.209. The summed E-state index contributed by atoms with van der Waals surface area (Å²) in [6, 6.07) is 21.7. The van der Waals surface area contributed by atoms with Crippen LogP contribution in [0.25, 0.3) is 11.1 Å². The summed E-state index contributed by atoms with van der Waals surface area (Å²) in [4.78, 5) is 31.1. The van der Waals surface area contributed by atoms with Gasteiger partial charge in [0.25, 0.3) is 10.0 Å². The molecule has 0 radical (unpaired) electrons. The molecule has 1 aliphatic carbocycles. The number of nitrogens with zero attached hydrogens (tertiary/aromatic N) is 1. The molecule has 0 unspecified atom stereocenters. The molecule has 1 heterocycles. The summed E-state index contributed by atoms with van der Waals surface area (Å²) in [6.07, 6.45) is 0.240. The zero-order chi connectivity index (χ0) is 38.8. The number of benzene rings is 4. The van der Waals surface area contributed by atoms with E-state index < -0.39 is 33.7 Å². The lowest BCUT2D eigenvalue weighted by atomic mass is 9.94. The van der Waals surface area contributed by atoms with Crippen molar-refractivity contribution in [2.24, 2.45) is 10.7 Å². The SMILES string of the molecule is Cc1c(C)c(S(=O)(=O)NC(N)=NCCC[C@H](NC(=O)OCC2c3ccccc3-c3ccccc32)C(=O)Nc2ccc(CO)cc2)c(C)c2c1OC(C)(C)C2. The number of aliphatic imine (C=N–C) groups is 1. The summed E-state index contributed by atoms with van der Waals surface area (Å²) in [5.41, 5.74) is 13.9. The third-order valence-corrected chi connectivity index (χ3v) is 11.7. The number of amides is 2. The van der Waals surface area contributed by atoms with Gasteiger partial charge in [-0.1, -0.05) is 60.7 Å². The normalized spacial score (nSPS) is 15.0. The highest BCUT2D eigenvalue weighted by molar-refractivity contribution is 7.90. The Bertz CT molecular complexity index is 2170. The maximum atomic E-state index is 13.6. The lowest BCUT2D eigenvalue weighted by Crippen LogP contribution is -2.44. The van der Waals surface area contributed by atoms with Gasteiger partial charge in [-0.2, -0.15) is 0 Å². The standard InChI is InChI=1S/C41H47N5O7S/c1-24-25(2)37(26(3)33-21-41(4,5)53-36(24)33)54(50,51)46-39(42)43-20-10-15-35(38(48)44-28-18-16-27(22-47)17-19-28)45-40(49)52-23-34-31-13-8-6-11-29(31)30-12-7-9-14-32(30)34/h6-9,11-14,16-19,34-35,47H,10,15,20-23H2,1-5H3,(H,44,48)(H,45,49)(H3,42,43,46)/t35-/m0/s1. The van der Waals surface area contributed by atoms with E-state index in [4.69, 9.17) is 15.2 Å². The summed E-state index contributed by atoms with van der Waals surface area (Å²) in [5, 5.41) is 14.9. The monoisotopic (exact) mass is 753 g/mol. The molecular formula is C41H47N5O7S. The molecule has 0 saturated heterocycles. The quantitative estimate of drug-likeness (QED) is 0.0690. The Labute approximate surface area is 316 Å². The van der Waals surface area contributed by atoms with E-state index in [1.165, 1.54) is 0 Å². The van der Waals surface area contributed by atoms with Gasteiger partial charge in [0.2, 0.25) is 11.9 Å². The number of carbonyl (C=O) groups excluding carboxylic acids is 2. The molecule has 0 saturated carbocycles. The molecular weight excluding hydrogens is 707 g/mol. The number of sulfonamides is 1. The van der Waals surface area contributed by atoms with Crippen molar-refractivity contribution in [2.45, 2.75) is 82.9 Å². The highest BCUT2D eigenvalue weighted by Gasteiger charge is 2.37. The summed E-state index contributed by atoms with van der Waals surface area (Å²) >= 11 is 0. The van der Waals surface area contributed by atoms with Gasteiger partial charge in [-0.3, -0.25) is 9.79 Å². The number of alkyl carbamates (subject to hydrolysis) is 1. The molecule has 4 aromatic rings. The van der Waals surface area contributed by atoms with Crippen LogP contribution in [0.5, 0.6) is 5.75 Å². The van der Waals surface area contributed by atoms with Crippen LogP contribution in [0.1, 0.15) is 71.6 Å². The number of rotatable bonds is 12. The van der Waals surface area contributed by atoms with Gasteiger partial charge in [-0.25, -0.2) is 17.9 Å². The Morgan fingerprint density at radius 3 is 2.22 bits per heavy atom. The van der Waals surface area contributed by atoms with Crippen LogP contribution in [0.3, 0.4) is 0 Å². The Hall–Kier alpha value is -5.40. The fourth-order valence-electron chi connectivity index (χ4n) is 7.34. The number of fused-ring (bicyclic) bond motifs is 4. The topological polar surface area (TPSA) is 181 Å². The third-order valence-electron chi connectivity index (χ3n) is 10.1. The van der Waals surface area contributed by atoms with Crippen molar-refractivity contribution in [3.05, 3.63) is 112 Å². The molecule has 284 valence electrons. The average Bonchev–Trinajstić information content (AvgIpc) is 3.65. The average molecular weight is 754 g/mol. The van der Waals surface area contributed by atoms with Crippen LogP contribution in [-0.4, -0.2) is 56.3 Å². The molecule has 4 aromatic carbocycles. The second kappa shape index (κ2) is 15.5. The summed E-state index contributed by atoms with van der Waals surface area (Å²) in [6.45, 7) is 9.30. The highest BCUT2D eigenvalue weighted by Crippen LogP contribution is 2.45. The summed E-state index contributed by atoms with van der Waals surface area (Å²) in [7, 11) is -4.09. The lowest BCUT2D eigenvalue weighted by molar-refractivity contribution is -0.118. The number of aliphatic hydroxyl groups excluding tert-OH is 1. The fourth-order valence-corrected chi connectivity index (χ4v) is 8.86. The molecule has 54 heavy (non-hydrogen) atoms. The van der Waals surface area contributed by atoms with E-state index in [2.05, 4.69) is 20.3 Å². The zero-order valence-electron chi connectivity index (χ0n) is 31.2. The maximum absolute atomic E-state index is 13.6. The first-order valence-corrected chi connectivity index (χ1v) is 19.4. The molecule has 6 N–H and O–H groups in total. The Morgan fingerprint density at radius 1 is 0.963 bits per heavy atom. The van der Waals surface area contributed by atoms with E-state index in [0.29, 0.717) is 28.8 Å². The van der Waals surface area contributed by atoms with Crippen molar-refractivity contribution >= 4 is 33.7 Å². The minimum absolute atomic E-state index is 0.0684. The van der Waals surface area contributed by atoms with Gasteiger partial charge >= 0.3 is 6.09 Å². The van der Waals surface area contributed by atoms with Crippen molar-refractivity contribution in [3.63, 3.8) is 0 Å². The second-order valence-electron chi connectivity index (χ2n) is 14.4. The number of hydrogen-bond donors (Lipinski definition) is 5. The molecule has 2 amide bonds. The smallest absolute Gasteiger partial charge is 0.407 e. The van der Waals surface area contributed by atoms with Crippen molar-refractivity contribution < 1.29 is 32.6 Å². The number of nitrogens with two attached hydrogens (primary N) is 1. The van der Waals surface area contributed by atoms with E-state index in [1.807, 2.05) is 69.3 Å². The van der Waals surface area contributed by atoms with Gasteiger partial charge in [0.1, 0.15) is 24.0 Å². The van der Waals surface area contributed by atoms with E-state index in [9.17, 15) is 23.1 Å². The summed E-state index contributed by atoms with van der Waals surface area (Å²) < 4.78 is 41.5. The van der Waals surface area contributed by atoms with Crippen LogP contribution in [0.2, 0.25) is 0 Å². The Morgan fingerprint density at radius 2 is 1.59 bits per heavy atom. The minimum atomic E-state index is -4.09. The van der Waals surface area contributed by atoms with E-state index in [-0.39, 0.29) is 49.4 Å². The van der Waals surface area contributed by atoms with Crippen LogP contribution >= 0.6 is 0 Å². The minimum Gasteiger partial charge on any atom is -0.487 e. The van der Waals surface area contributed by atoms with Gasteiger partial charge in [0.15, 0.2) is 0 Å². The first-order chi connectivity index (χ1) is 25.7. The third kappa shape index (κ3) is 8.07. The largest absolute Gasteiger partial charge is 0.487 e. The van der Waals surface area contributed by atoms with Gasteiger partial charge in [-0.15, -0.1) is 0 Å². The first-order valence-electron chi connectivity index (χ1n) is 18.0. The number of aliphatic hydroxyl groups is 1. The number of carbonyl (C=O) groups is 2. The van der Waals surface area contributed by atoms with Gasteiger partial charge < -0.3 is 30.9 Å². The molecule has 1 aliphatic heterocycles. The van der Waals surface area contributed by atoms with Crippen molar-refractivity contribution in [1.82, 2.24) is 10.0 Å². The van der Waals surface area contributed by atoms with Gasteiger partial charge in [0.05, 0.1) is 11.5 Å². The molecule has 6 rings (SSSR count). The van der Waals surface area contributed by atoms with Crippen molar-refractivity contribution in [2.75, 3.05) is 18.5 Å². The van der Waals surface area contributed by atoms with Crippen LogP contribution in [0.4, 0.5) is 10.5 Å². The van der Waals surface area contributed by atoms with Crippen molar-refractivity contribution in [1.29, 1.82) is 0 Å². The molecule has 12 nitrogen and oxygen atoms in total. The van der Waals surface area contributed by atoms with Crippen LogP contribution in [0.15, 0.2) is 82.7 Å². The van der Waals surface area contributed by atoms with E-state index in [1.54, 1.807) is 38.1 Å². The molecule has 0 aromatic heterocycles. The lowest BCUT2D eigenvalue weighted by Gasteiger charge is -2.20. The number of hydrogen-bond acceptors (Lipinski definition) is 8. The number of guanidine groups is 1. The maximum Gasteiger partial charge on any atom is 0.407 e. The predicted octanol–water partition coefficient (Wildman–Crippen LogP) is 5.74. The van der Waals surface area contributed by atoms with Gasteiger partial charge in [-0.05, 0) is 104 Å². The number of ether oxygens (including phenoxy) is 2. The molecule has 0 spiro atoms. The fraction of sp³-hybridized carbons (Fsp3) is 0.341. The van der Waals surface area contributed by atoms with E-state index in [0.717, 1.165) is 39.1 Å².